The Morgan fingerprint density at radius 1 is 1.43 bits per heavy atom. The van der Waals surface area contributed by atoms with Gasteiger partial charge in [-0.1, -0.05) is 0 Å². The number of esters is 1. The topological polar surface area (TPSA) is 67.4 Å². The Hall–Kier alpha value is -1.40. The van der Waals surface area contributed by atoms with Crippen molar-refractivity contribution in [1.82, 2.24) is 5.32 Å². The normalized spacial score (nSPS) is 21.3. The summed E-state index contributed by atoms with van der Waals surface area (Å²) in [4.78, 5) is 24.4. The highest BCUT2D eigenvalue weighted by Crippen LogP contribution is 2.46. The Morgan fingerprint density at radius 3 is 2.86 bits per heavy atom. The number of hydrogen-bond acceptors (Lipinski definition) is 5. The second kappa shape index (κ2) is 6.15. The largest absolute Gasteiger partial charge is 0.462 e. The number of thiophene rings is 1. The summed E-state index contributed by atoms with van der Waals surface area (Å²) in [5.74, 6) is 0.0773. The maximum absolute atomic E-state index is 12.2. The molecular weight excluding hydrogens is 288 g/mol. The van der Waals surface area contributed by atoms with Crippen LogP contribution in [0.2, 0.25) is 0 Å². The fourth-order valence-corrected chi connectivity index (χ4v) is 3.71. The van der Waals surface area contributed by atoms with Gasteiger partial charge in [0.2, 0.25) is 5.91 Å². The van der Waals surface area contributed by atoms with E-state index in [9.17, 15) is 9.59 Å². The molecule has 114 valence electrons. The lowest BCUT2D eigenvalue weighted by molar-refractivity contribution is -0.117. The minimum absolute atomic E-state index is 0.0535. The highest BCUT2D eigenvalue weighted by atomic mass is 32.1. The summed E-state index contributed by atoms with van der Waals surface area (Å²) in [7, 11) is 0. The molecule has 2 N–H and O–H groups in total. The number of hydrogen-bond donors (Lipinski definition) is 2. The molecule has 6 heteroatoms. The van der Waals surface area contributed by atoms with Gasteiger partial charge in [-0.15, -0.1) is 11.3 Å². The first-order valence-electron chi connectivity index (χ1n) is 7.53. The molecule has 1 aromatic heterocycles. The number of anilines is 1. The van der Waals surface area contributed by atoms with Crippen molar-refractivity contribution in [3.63, 3.8) is 0 Å². The van der Waals surface area contributed by atoms with Crippen LogP contribution in [0.1, 0.15) is 54.4 Å². The van der Waals surface area contributed by atoms with E-state index in [0.717, 1.165) is 37.8 Å². The summed E-state index contributed by atoms with van der Waals surface area (Å²) in [5, 5.41) is 8.70. The predicted octanol–water partition coefficient (Wildman–Crippen LogP) is 2.49. The van der Waals surface area contributed by atoms with Gasteiger partial charge in [-0.05, 0) is 56.0 Å². The molecule has 1 amide bonds. The summed E-state index contributed by atoms with van der Waals surface area (Å²) in [6, 6.07) is -0.147. The molecule has 1 aliphatic carbocycles. The van der Waals surface area contributed by atoms with Crippen molar-refractivity contribution < 1.29 is 14.3 Å². The molecule has 0 spiro atoms. The lowest BCUT2D eigenvalue weighted by Crippen LogP contribution is -2.35. The Morgan fingerprint density at radius 2 is 2.24 bits per heavy atom. The quantitative estimate of drug-likeness (QED) is 0.820. The van der Waals surface area contributed by atoms with E-state index < -0.39 is 0 Å². The maximum Gasteiger partial charge on any atom is 0.341 e. The molecule has 2 aliphatic rings. The van der Waals surface area contributed by atoms with E-state index in [2.05, 4.69) is 10.6 Å². The zero-order valence-electron chi connectivity index (χ0n) is 12.1. The van der Waals surface area contributed by atoms with Crippen molar-refractivity contribution in [2.75, 3.05) is 18.5 Å². The monoisotopic (exact) mass is 308 g/mol. The minimum atomic E-state index is -0.324. The first-order valence-corrected chi connectivity index (χ1v) is 8.41. The van der Waals surface area contributed by atoms with Crippen molar-refractivity contribution >= 4 is 28.2 Å². The van der Waals surface area contributed by atoms with Crippen molar-refractivity contribution in [3.8, 4) is 0 Å². The van der Waals surface area contributed by atoms with Gasteiger partial charge in [-0.3, -0.25) is 4.79 Å². The van der Waals surface area contributed by atoms with Crippen LogP contribution in [0.3, 0.4) is 0 Å². The standard InChI is InChI=1S/C15H20N2O3S/c1-2-20-15(19)12-10(9-5-6-9)8-21-14(12)17-13(18)11-4-3-7-16-11/h8-9,11,16H,2-7H2,1H3,(H,17,18)/t11-/m0/s1. The average Bonchev–Trinajstić information content (AvgIpc) is 3.01. The van der Waals surface area contributed by atoms with E-state index >= 15 is 0 Å². The highest BCUT2D eigenvalue weighted by molar-refractivity contribution is 7.15. The van der Waals surface area contributed by atoms with Crippen molar-refractivity contribution in [2.45, 2.75) is 44.6 Å². The molecule has 1 saturated carbocycles. The van der Waals surface area contributed by atoms with E-state index in [1.165, 1.54) is 11.3 Å². The Kier molecular flexibility index (Phi) is 4.26. The van der Waals surface area contributed by atoms with Gasteiger partial charge < -0.3 is 15.4 Å². The molecule has 0 bridgehead atoms. The molecule has 2 heterocycles. The number of rotatable bonds is 5. The van der Waals surface area contributed by atoms with Gasteiger partial charge in [0.1, 0.15) is 5.00 Å². The molecule has 1 aliphatic heterocycles. The average molecular weight is 308 g/mol. The summed E-state index contributed by atoms with van der Waals surface area (Å²) in [5.41, 5.74) is 1.60. The molecule has 1 atom stereocenters. The lowest BCUT2D eigenvalue weighted by Gasteiger charge is -2.12. The summed E-state index contributed by atoms with van der Waals surface area (Å²) < 4.78 is 5.15. The number of ether oxygens (including phenoxy) is 1. The van der Waals surface area contributed by atoms with E-state index in [0.29, 0.717) is 23.1 Å². The van der Waals surface area contributed by atoms with Gasteiger partial charge in [-0.2, -0.15) is 0 Å². The third-order valence-corrected chi connectivity index (χ3v) is 4.84. The fourth-order valence-electron chi connectivity index (χ4n) is 2.68. The molecule has 0 radical (unpaired) electrons. The van der Waals surface area contributed by atoms with Gasteiger partial charge in [0, 0.05) is 0 Å². The van der Waals surface area contributed by atoms with Crippen LogP contribution in [0.25, 0.3) is 0 Å². The van der Waals surface area contributed by atoms with E-state index in [1.807, 2.05) is 5.38 Å². The highest BCUT2D eigenvalue weighted by Gasteiger charge is 2.33. The number of amides is 1. The Labute approximate surface area is 128 Å². The molecule has 1 saturated heterocycles. The van der Waals surface area contributed by atoms with E-state index in [1.54, 1.807) is 6.92 Å². The van der Waals surface area contributed by atoms with E-state index in [-0.39, 0.29) is 17.9 Å². The van der Waals surface area contributed by atoms with Crippen molar-refractivity contribution in [3.05, 3.63) is 16.5 Å². The molecule has 0 unspecified atom stereocenters. The zero-order chi connectivity index (χ0) is 14.8. The number of carbonyl (C=O) groups excluding carboxylic acids is 2. The zero-order valence-corrected chi connectivity index (χ0v) is 12.9. The summed E-state index contributed by atoms with van der Waals surface area (Å²) >= 11 is 1.43. The number of nitrogens with one attached hydrogen (secondary N) is 2. The summed E-state index contributed by atoms with van der Waals surface area (Å²) in [6.07, 6.45) is 4.09. The van der Waals surface area contributed by atoms with Crippen LogP contribution in [0.4, 0.5) is 5.00 Å². The first kappa shape index (κ1) is 14.5. The molecule has 5 nitrogen and oxygen atoms in total. The van der Waals surface area contributed by atoms with Crippen molar-refractivity contribution in [1.29, 1.82) is 0 Å². The smallest absolute Gasteiger partial charge is 0.341 e. The van der Waals surface area contributed by atoms with Crippen LogP contribution in [0.5, 0.6) is 0 Å². The molecular formula is C15H20N2O3S. The molecule has 21 heavy (non-hydrogen) atoms. The van der Waals surface area contributed by atoms with Gasteiger partial charge >= 0.3 is 5.97 Å². The predicted molar refractivity (Wildman–Crippen MR) is 81.9 cm³/mol. The minimum Gasteiger partial charge on any atom is -0.462 e. The molecule has 2 fully saturated rings. The van der Waals surface area contributed by atoms with Crippen LogP contribution in [-0.2, 0) is 9.53 Å². The fraction of sp³-hybridized carbons (Fsp3) is 0.600. The van der Waals surface area contributed by atoms with E-state index in [4.69, 9.17) is 4.74 Å². The van der Waals surface area contributed by atoms with Gasteiger partial charge in [-0.25, -0.2) is 4.79 Å². The molecule has 1 aromatic rings. The van der Waals surface area contributed by atoms with Crippen LogP contribution < -0.4 is 10.6 Å². The van der Waals surface area contributed by atoms with Crippen molar-refractivity contribution in [2.24, 2.45) is 0 Å². The van der Waals surface area contributed by atoms with Crippen LogP contribution in [-0.4, -0.2) is 31.1 Å². The third kappa shape index (κ3) is 3.11. The molecule has 0 aromatic carbocycles. The SMILES string of the molecule is CCOC(=O)c1c(C2CC2)csc1NC(=O)[C@@H]1CCCN1. The Balaban J connectivity index is 1.80. The van der Waals surface area contributed by atoms with Crippen LogP contribution >= 0.6 is 11.3 Å². The maximum atomic E-state index is 12.2. The van der Waals surface area contributed by atoms with Gasteiger partial charge in [0.15, 0.2) is 0 Å². The first-order chi connectivity index (χ1) is 10.2. The van der Waals surface area contributed by atoms with Gasteiger partial charge in [0.25, 0.3) is 0 Å². The second-order valence-corrected chi connectivity index (χ2v) is 6.41. The Bertz CT molecular complexity index is 545. The molecule has 3 rings (SSSR count). The van der Waals surface area contributed by atoms with Gasteiger partial charge in [0.05, 0.1) is 18.2 Å². The van der Waals surface area contributed by atoms with Crippen LogP contribution in [0.15, 0.2) is 5.38 Å². The summed E-state index contributed by atoms with van der Waals surface area (Å²) in [6.45, 7) is 3.01. The second-order valence-electron chi connectivity index (χ2n) is 5.53. The van der Waals surface area contributed by atoms with Crippen LogP contribution in [0, 0.1) is 0 Å². The lowest BCUT2D eigenvalue weighted by atomic mass is 10.1. The number of carbonyl (C=O) groups is 2. The third-order valence-electron chi connectivity index (χ3n) is 3.93.